The fraction of sp³-hybridized carbons (Fsp3) is 0.467. The van der Waals surface area contributed by atoms with Crippen LogP contribution in [0.25, 0.3) is 0 Å². The van der Waals surface area contributed by atoms with E-state index in [2.05, 4.69) is 5.32 Å². The van der Waals surface area contributed by atoms with Crippen molar-refractivity contribution < 1.29 is 14.7 Å². The molecule has 5 heteroatoms. The maximum atomic E-state index is 12.1. The Balaban J connectivity index is 2.72. The minimum absolute atomic E-state index is 0.0291. The Hall–Kier alpha value is -1.49. The van der Waals surface area contributed by atoms with Crippen LogP contribution in [0.15, 0.2) is 30.3 Å². The quantitative estimate of drug-likeness (QED) is 0.774. The number of thioether (sulfide) groups is 1. The van der Waals surface area contributed by atoms with Crippen molar-refractivity contribution in [3.05, 3.63) is 35.9 Å². The van der Waals surface area contributed by atoms with Crippen LogP contribution in [0, 0.1) is 5.92 Å². The fourth-order valence-corrected chi connectivity index (χ4v) is 2.57. The van der Waals surface area contributed by atoms with E-state index in [-0.39, 0.29) is 24.3 Å². The third-order valence-corrected chi connectivity index (χ3v) is 3.86. The van der Waals surface area contributed by atoms with Crippen LogP contribution in [0.1, 0.15) is 31.4 Å². The van der Waals surface area contributed by atoms with E-state index in [4.69, 9.17) is 5.11 Å². The van der Waals surface area contributed by atoms with Crippen LogP contribution in [0.3, 0.4) is 0 Å². The molecule has 0 saturated heterocycles. The van der Waals surface area contributed by atoms with Gasteiger partial charge in [-0.3, -0.25) is 9.59 Å². The van der Waals surface area contributed by atoms with Gasteiger partial charge in [0.2, 0.25) is 5.91 Å². The number of carbonyl (C=O) groups is 2. The average Bonchev–Trinajstić information content (AvgIpc) is 2.44. The molecule has 0 aliphatic carbocycles. The highest BCUT2D eigenvalue weighted by Gasteiger charge is 2.19. The number of hydrogen-bond acceptors (Lipinski definition) is 3. The van der Waals surface area contributed by atoms with Crippen LogP contribution in [0.5, 0.6) is 0 Å². The number of aliphatic carboxylic acids is 1. The Morgan fingerprint density at radius 3 is 2.50 bits per heavy atom. The predicted molar refractivity (Wildman–Crippen MR) is 81.7 cm³/mol. The molecule has 0 aliphatic rings. The molecule has 0 saturated carbocycles. The first kappa shape index (κ1) is 16.6. The number of hydrogen-bond donors (Lipinski definition) is 2. The lowest BCUT2D eigenvalue weighted by atomic mass is 10.0. The molecule has 0 spiro atoms. The summed E-state index contributed by atoms with van der Waals surface area (Å²) in [6.45, 7) is 1.88. The summed E-state index contributed by atoms with van der Waals surface area (Å²) in [4.78, 5) is 22.8. The summed E-state index contributed by atoms with van der Waals surface area (Å²) in [5.41, 5.74) is 0.943. The van der Waals surface area contributed by atoms with E-state index in [0.29, 0.717) is 6.42 Å². The lowest BCUT2D eigenvalue weighted by Crippen LogP contribution is -2.34. The van der Waals surface area contributed by atoms with Gasteiger partial charge < -0.3 is 10.4 Å². The summed E-state index contributed by atoms with van der Waals surface area (Å²) in [7, 11) is 0. The van der Waals surface area contributed by atoms with E-state index < -0.39 is 5.97 Å². The highest BCUT2D eigenvalue weighted by atomic mass is 32.2. The maximum absolute atomic E-state index is 12.1. The Labute approximate surface area is 124 Å². The van der Waals surface area contributed by atoms with E-state index in [1.807, 2.05) is 43.5 Å². The van der Waals surface area contributed by atoms with Gasteiger partial charge in [0.1, 0.15) is 0 Å². The Morgan fingerprint density at radius 1 is 1.30 bits per heavy atom. The van der Waals surface area contributed by atoms with Crippen molar-refractivity contribution in [1.29, 1.82) is 0 Å². The molecule has 2 atom stereocenters. The first-order valence-corrected chi connectivity index (χ1v) is 8.00. The van der Waals surface area contributed by atoms with Crippen LogP contribution in [-0.4, -0.2) is 29.0 Å². The zero-order valence-electron chi connectivity index (χ0n) is 11.8. The number of carboxylic acid groups (broad SMARTS) is 1. The molecule has 4 nitrogen and oxygen atoms in total. The lowest BCUT2D eigenvalue weighted by molar-refractivity contribution is -0.137. The number of carboxylic acids is 1. The van der Waals surface area contributed by atoms with Gasteiger partial charge in [0.05, 0.1) is 6.04 Å². The van der Waals surface area contributed by atoms with Gasteiger partial charge in [0, 0.05) is 18.1 Å². The summed E-state index contributed by atoms with van der Waals surface area (Å²) < 4.78 is 0. The molecular weight excluding hydrogens is 274 g/mol. The van der Waals surface area contributed by atoms with E-state index in [0.717, 1.165) is 11.3 Å². The number of rotatable bonds is 8. The van der Waals surface area contributed by atoms with Gasteiger partial charge in [-0.05, 0) is 18.2 Å². The van der Waals surface area contributed by atoms with Crippen LogP contribution in [0.2, 0.25) is 0 Å². The second-order valence-electron chi connectivity index (χ2n) is 4.76. The third-order valence-electron chi connectivity index (χ3n) is 3.03. The van der Waals surface area contributed by atoms with Crippen molar-refractivity contribution in [2.24, 2.45) is 5.92 Å². The second kappa shape index (κ2) is 8.64. The van der Waals surface area contributed by atoms with Crippen molar-refractivity contribution in [2.45, 2.75) is 25.8 Å². The molecule has 2 N–H and O–H groups in total. The van der Waals surface area contributed by atoms with Crippen molar-refractivity contribution in [3.8, 4) is 0 Å². The molecule has 20 heavy (non-hydrogen) atoms. The van der Waals surface area contributed by atoms with E-state index in [1.165, 1.54) is 0 Å². The van der Waals surface area contributed by atoms with Gasteiger partial charge in [-0.1, -0.05) is 37.3 Å². The molecule has 0 aliphatic heterocycles. The zero-order chi connectivity index (χ0) is 15.0. The SMILES string of the molecule is CSCC(C)C(=O)NC(CCC(=O)O)c1ccccc1. The molecule has 1 aromatic rings. The first-order valence-electron chi connectivity index (χ1n) is 6.60. The summed E-state index contributed by atoms with van der Waals surface area (Å²) in [6.07, 6.45) is 2.40. The molecule has 0 radical (unpaired) electrons. The number of carbonyl (C=O) groups excluding carboxylic acids is 1. The molecule has 0 bridgehead atoms. The molecule has 1 aromatic carbocycles. The average molecular weight is 295 g/mol. The third kappa shape index (κ3) is 5.65. The number of amides is 1. The molecule has 0 heterocycles. The van der Waals surface area contributed by atoms with Crippen LogP contribution in [-0.2, 0) is 9.59 Å². The topological polar surface area (TPSA) is 66.4 Å². The van der Waals surface area contributed by atoms with E-state index in [1.54, 1.807) is 11.8 Å². The number of nitrogens with one attached hydrogen (secondary N) is 1. The minimum atomic E-state index is -0.850. The summed E-state index contributed by atoms with van der Waals surface area (Å²) in [5.74, 6) is -0.205. The molecular formula is C15H21NO3S. The smallest absolute Gasteiger partial charge is 0.303 e. The first-order chi connectivity index (χ1) is 9.54. The van der Waals surface area contributed by atoms with Gasteiger partial charge in [-0.2, -0.15) is 11.8 Å². The highest BCUT2D eigenvalue weighted by molar-refractivity contribution is 7.98. The molecule has 0 aromatic heterocycles. The normalized spacial score (nSPS) is 13.5. The molecule has 2 unspecified atom stereocenters. The standard InChI is InChI=1S/C15H21NO3S/c1-11(10-20-2)15(19)16-13(8-9-14(17)18)12-6-4-3-5-7-12/h3-7,11,13H,8-10H2,1-2H3,(H,16,19)(H,17,18). The molecule has 1 rings (SSSR count). The van der Waals surface area contributed by atoms with Gasteiger partial charge in [0.25, 0.3) is 0 Å². The van der Waals surface area contributed by atoms with Crippen molar-refractivity contribution in [1.82, 2.24) is 5.32 Å². The van der Waals surface area contributed by atoms with Crippen LogP contribution >= 0.6 is 11.8 Å². The zero-order valence-corrected chi connectivity index (χ0v) is 12.7. The van der Waals surface area contributed by atoms with E-state index >= 15 is 0 Å². The lowest BCUT2D eigenvalue weighted by Gasteiger charge is -2.21. The largest absolute Gasteiger partial charge is 0.481 e. The summed E-state index contributed by atoms with van der Waals surface area (Å²) >= 11 is 1.62. The summed E-state index contributed by atoms with van der Waals surface area (Å²) in [6, 6.07) is 9.25. The fourth-order valence-electron chi connectivity index (χ4n) is 1.91. The van der Waals surface area contributed by atoms with E-state index in [9.17, 15) is 9.59 Å². The van der Waals surface area contributed by atoms with Crippen LogP contribution in [0.4, 0.5) is 0 Å². The Bertz CT molecular complexity index is 436. The van der Waals surface area contributed by atoms with Crippen molar-refractivity contribution in [3.63, 3.8) is 0 Å². The monoisotopic (exact) mass is 295 g/mol. The van der Waals surface area contributed by atoms with Gasteiger partial charge in [0.15, 0.2) is 0 Å². The predicted octanol–water partition coefficient (Wildman–Crippen LogP) is 2.71. The highest BCUT2D eigenvalue weighted by Crippen LogP contribution is 2.19. The van der Waals surface area contributed by atoms with Gasteiger partial charge >= 0.3 is 5.97 Å². The van der Waals surface area contributed by atoms with Crippen LogP contribution < -0.4 is 5.32 Å². The van der Waals surface area contributed by atoms with Crippen molar-refractivity contribution in [2.75, 3.05) is 12.0 Å². The Morgan fingerprint density at radius 2 is 1.95 bits per heavy atom. The van der Waals surface area contributed by atoms with Gasteiger partial charge in [-0.25, -0.2) is 0 Å². The second-order valence-corrected chi connectivity index (χ2v) is 5.67. The summed E-state index contributed by atoms with van der Waals surface area (Å²) in [5, 5.41) is 11.8. The number of benzene rings is 1. The van der Waals surface area contributed by atoms with Gasteiger partial charge in [-0.15, -0.1) is 0 Å². The van der Waals surface area contributed by atoms with Crippen molar-refractivity contribution >= 4 is 23.6 Å². The molecule has 0 fully saturated rings. The Kier molecular flexibility index (Phi) is 7.15. The molecule has 110 valence electrons. The molecule has 1 amide bonds. The minimum Gasteiger partial charge on any atom is -0.481 e. The maximum Gasteiger partial charge on any atom is 0.303 e.